The Morgan fingerprint density at radius 1 is 0.759 bits per heavy atom. The van der Waals surface area contributed by atoms with Gasteiger partial charge in [0.05, 0.1) is 13.2 Å². The molecule has 0 saturated carbocycles. The maximum Gasteiger partial charge on any atom is 0.123 e. The second kappa shape index (κ2) is 10.0. The lowest BCUT2D eigenvalue weighted by molar-refractivity contribution is 0.000768. The molecule has 1 aliphatic rings. The van der Waals surface area contributed by atoms with E-state index in [4.69, 9.17) is 4.74 Å². The lowest BCUT2D eigenvalue weighted by Crippen LogP contribution is -2.45. The molecule has 0 bridgehead atoms. The van der Waals surface area contributed by atoms with E-state index in [1.807, 2.05) is 66.7 Å². The fraction of sp³-hybridized carbons (Fsp3) is 0.280. The first kappa shape index (κ1) is 21.5. The molecule has 0 amide bonds. The second-order valence-electron chi connectivity index (χ2n) is 7.37. The summed E-state index contributed by atoms with van der Waals surface area (Å²) in [4.78, 5) is 2.40. The number of aliphatic hydroxyl groups is 1. The van der Waals surface area contributed by atoms with Gasteiger partial charge in [-0.1, -0.05) is 91.0 Å². The van der Waals surface area contributed by atoms with Gasteiger partial charge in [0.1, 0.15) is 5.60 Å². The summed E-state index contributed by atoms with van der Waals surface area (Å²) in [6, 6.07) is 30.5. The zero-order chi connectivity index (χ0) is 19.2. The lowest BCUT2D eigenvalue weighted by atomic mass is 9.72. The first-order valence-corrected chi connectivity index (χ1v) is 9.97. The molecule has 4 heteroatoms. The van der Waals surface area contributed by atoms with Crippen molar-refractivity contribution in [2.24, 2.45) is 0 Å². The minimum atomic E-state index is -1.12. The Morgan fingerprint density at radius 2 is 1.21 bits per heavy atom. The third-order valence-corrected chi connectivity index (χ3v) is 5.68. The highest BCUT2D eigenvalue weighted by Crippen LogP contribution is 2.43. The van der Waals surface area contributed by atoms with Gasteiger partial charge in [0.15, 0.2) is 0 Å². The van der Waals surface area contributed by atoms with Gasteiger partial charge in [-0.2, -0.15) is 0 Å². The Bertz CT molecular complexity index is 812. The van der Waals surface area contributed by atoms with Crippen molar-refractivity contribution in [2.75, 3.05) is 32.8 Å². The number of rotatable bonds is 6. The summed E-state index contributed by atoms with van der Waals surface area (Å²) < 4.78 is 5.54. The zero-order valence-corrected chi connectivity index (χ0v) is 17.3. The minimum Gasteiger partial charge on any atom is -0.380 e. The van der Waals surface area contributed by atoms with E-state index in [9.17, 15) is 5.11 Å². The maximum absolute atomic E-state index is 12.3. The standard InChI is InChI=1S/C25H27NO2.ClH/c27-25(22-12-6-2-7-13-22,23-14-8-3-9-15-23)24(21-10-4-1-5-11-21)20-26-16-18-28-19-17-26;/h1-15,24,27H,16-20H2;1H. The fourth-order valence-electron chi connectivity index (χ4n) is 4.16. The van der Waals surface area contributed by atoms with Crippen molar-refractivity contribution in [1.29, 1.82) is 0 Å². The maximum atomic E-state index is 12.3. The Kier molecular flexibility index (Phi) is 7.45. The molecule has 1 saturated heterocycles. The average Bonchev–Trinajstić information content (AvgIpc) is 2.79. The van der Waals surface area contributed by atoms with Crippen molar-refractivity contribution in [2.45, 2.75) is 11.5 Å². The van der Waals surface area contributed by atoms with E-state index in [0.29, 0.717) is 0 Å². The summed E-state index contributed by atoms with van der Waals surface area (Å²) in [6.07, 6.45) is 0. The van der Waals surface area contributed by atoms with E-state index in [2.05, 4.69) is 29.2 Å². The highest BCUT2D eigenvalue weighted by molar-refractivity contribution is 5.85. The third kappa shape index (κ3) is 4.71. The van der Waals surface area contributed by atoms with Crippen molar-refractivity contribution in [1.82, 2.24) is 4.90 Å². The van der Waals surface area contributed by atoms with E-state index in [1.165, 1.54) is 0 Å². The van der Waals surface area contributed by atoms with Crippen LogP contribution in [0.1, 0.15) is 22.6 Å². The van der Waals surface area contributed by atoms with Gasteiger partial charge in [-0.25, -0.2) is 0 Å². The van der Waals surface area contributed by atoms with Gasteiger partial charge < -0.3 is 9.84 Å². The molecule has 0 radical (unpaired) electrons. The SMILES string of the molecule is Cl.OC(c1ccccc1)(c1ccccc1)C(CN1CCOCC1)c1ccccc1. The van der Waals surface area contributed by atoms with Crippen LogP contribution in [0.4, 0.5) is 0 Å². The molecule has 1 unspecified atom stereocenters. The highest BCUT2D eigenvalue weighted by Gasteiger charge is 2.42. The second-order valence-corrected chi connectivity index (χ2v) is 7.37. The summed E-state index contributed by atoms with van der Waals surface area (Å²) in [5, 5.41) is 12.3. The van der Waals surface area contributed by atoms with E-state index >= 15 is 0 Å². The van der Waals surface area contributed by atoms with Gasteiger partial charge in [-0.05, 0) is 16.7 Å². The van der Waals surface area contributed by atoms with Crippen molar-refractivity contribution in [3.8, 4) is 0 Å². The molecule has 1 N–H and O–H groups in total. The Hall–Kier alpha value is -2.17. The third-order valence-electron chi connectivity index (χ3n) is 5.68. The minimum absolute atomic E-state index is 0. The first-order valence-electron chi connectivity index (χ1n) is 9.97. The molecule has 4 rings (SSSR count). The van der Waals surface area contributed by atoms with E-state index in [-0.39, 0.29) is 18.3 Å². The van der Waals surface area contributed by atoms with Gasteiger partial charge in [0.2, 0.25) is 0 Å². The molecule has 0 aliphatic carbocycles. The number of halogens is 1. The van der Waals surface area contributed by atoms with Gasteiger partial charge in [-0.15, -0.1) is 12.4 Å². The van der Waals surface area contributed by atoms with Crippen LogP contribution in [0.3, 0.4) is 0 Å². The van der Waals surface area contributed by atoms with Crippen LogP contribution in [0.15, 0.2) is 91.0 Å². The smallest absolute Gasteiger partial charge is 0.123 e. The van der Waals surface area contributed by atoms with E-state index in [0.717, 1.165) is 49.5 Å². The molecule has 1 fully saturated rings. The Labute approximate surface area is 179 Å². The van der Waals surface area contributed by atoms with Gasteiger partial charge in [-0.3, -0.25) is 4.90 Å². The van der Waals surface area contributed by atoms with Crippen LogP contribution in [-0.4, -0.2) is 42.9 Å². The molecule has 3 aromatic carbocycles. The topological polar surface area (TPSA) is 32.7 Å². The molecular weight excluding hydrogens is 382 g/mol. The summed E-state index contributed by atoms with van der Waals surface area (Å²) in [5.41, 5.74) is 1.86. The molecule has 0 aromatic heterocycles. The molecule has 152 valence electrons. The van der Waals surface area contributed by atoms with Crippen molar-refractivity contribution in [3.05, 3.63) is 108 Å². The predicted molar refractivity (Wildman–Crippen MR) is 120 cm³/mol. The van der Waals surface area contributed by atoms with Crippen LogP contribution in [-0.2, 0) is 10.3 Å². The number of benzene rings is 3. The molecule has 3 nitrogen and oxygen atoms in total. The quantitative estimate of drug-likeness (QED) is 0.652. The molecular formula is C25H28ClNO2. The number of hydrogen-bond donors (Lipinski definition) is 1. The number of nitrogens with zero attached hydrogens (tertiary/aromatic N) is 1. The van der Waals surface area contributed by atoms with Gasteiger partial charge >= 0.3 is 0 Å². The van der Waals surface area contributed by atoms with Crippen molar-refractivity contribution >= 4 is 12.4 Å². The zero-order valence-electron chi connectivity index (χ0n) is 16.5. The summed E-state index contributed by atoms with van der Waals surface area (Å²) in [7, 11) is 0. The molecule has 29 heavy (non-hydrogen) atoms. The summed E-state index contributed by atoms with van der Waals surface area (Å²) in [6.45, 7) is 4.05. The van der Waals surface area contributed by atoms with Crippen LogP contribution >= 0.6 is 12.4 Å². The lowest BCUT2D eigenvalue weighted by Gasteiger charge is -2.41. The fourth-order valence-corrected chi connectivity index (χ4v) is 4.16. The van der Waals surface area contributed by atoms with Crippen molar-refractivity contribution < 1.29 is 9.84 Å². The number of hydrogen-bond acceptors (Lipinski definition) is 3. The first-order chi connectivity index (χ1) is 13.8. The molecule has 1 heterocycles. The summed E-state index contributed by atoms with van der Waals surface area (Å²) >= 11 is 0. The van der Waals surface area contributed by atoms with Gasteiger partial charge in [0.25, 0.3) is 0 Å². The van der Waals surface area contributed by atoms with E-state index in [1.54, 1.807) is 0 Å². The van der Waals surface area contributed by atoms with Crippen LogP contribution in [0.2, 0.25) is 0 Å². The van der Waals surface area contributed by atoms with Crippen LogP contribution < -0.4 is 0 Å². The Balaban J connectivity index is 0.00000240. The van der Waals surface area contributed by atoms with Gasteiger partial charge in [0, 0.05) is 25.6 Å². The number of ether oxygens (including phenoxy) is 1. The summed E-state index contributed by atoms with van der Waals surface area (Å²) in [5.74, 6) is -0.100. The van der Waals surface area contributed by atoms with Crippen LogP contribution in [0.5, 0.6) is 0 Å². The van der Waals surface area contributed by atoms with Crippen LogP contribution in [0, 0.1) is 0 Å². The monoisotopic (exact) mass is 409 g/mol. The normalized spacial score (nSPS) is 16.0. The van der Waals surface area contributed by atoms with E-state index < -0.39 is 5.60 Å². The predicted octanol–water partition coefficient (Wildman–Crippen LogP) is 4.46. The average molecular weight is 410 g/mol. The van der Waals surface area contributed by atoms with Crippen LogP contribution in [0.25, 0.3) is 0 Å². The Morgan fingerprint density at radius 3 is 1.69 bits per heavy atom. The highest BCUT2D eigenvalue weighted by atomic mass is 35.5. The van der Waals surface area contributed by atoms with Crippen molar-refractivity contribution in [3.63, 3.8) is 0 Å². The largest absolute Gasteiger partial charge is 0.380 e. The molecule has 1 aliphatic heterocycles. The molecule has 0 spiro atoms. The molecule has 3 aromatic rings. The molecule has 1 atom stereocenters. The number of morpholine rings is 1.